The first-order chi connectivity index (χ1) is 7.69. The number of benzene rings is 1. The van der Waals surface area contributed by atoms with Gasteiger partial charge in [-0.3, -0.25) is 4.68 Å². The molecule has 2 aromatic rings. The Morgan fingerprint density at radius 3 is 2.88 bits per heavy atom. The largest absolute Gasteiger partial charge is 0.326 e. The summed E-state index contributed by atoms with van der Waals surface area (Å²) < 4.78 is 15.4. The Bertz CT molecular complexity index is 496. The molecule has 1 heterocycles. The summed E-state index contributed by atoms with van der Waals surface area (Å²) in [4.78, 5) is 0. The predicted molar refractivity (Wildman–Crippen MR) is 63.3 cm³/mol. The van der Waals surface area contributed by atoms with Gasteiger partial charge in [0.05, 0.1) is 12.7 Å². The molecule has 5 heteroatoms. The molecule has 0 fully saturated rings. The summed E-state index contributed by atoms with van der Waals surface area (Å²) in [6.07, 6.45) is 3.62. The minimum absolute atomic E-state index is 0.251. The second-order valence-corrected chi connectivity index (χ2v) is 4.34. The van der Waals surface area contributed by atoms with E-state index in [1.807, 2.05) is 6.20 Å². The molecule has 0 spiro atoms. The Morgan fingerprint density at radius 1 is 1.44 bits per heavy atom. The molecule has 0 unspecified atom stereocenters. The van der Waals surface area contributed by atoms with Crippen LogP contribution < -0.4 is 5.73 Å². The lowest BCUT2D eigenvalue weighted by Crippen LogP contribution is -2.01. The highest BCUT2D eigenvalue weighted by Crippen LogP contribution is 2.18. The smallest absolute Gasteiger partial charge is 0.124 e. The van der Waals surface area contributed by atoms with E-state index in [4.69, 9.17) is 5.73 Å². The van der Waals surface area contributed by atoms with Gasteiger partial charge in [0.2, 0.25) is 0 Å². The molecular formula is C11H11BrFN3. The van der Waals surface area contributed by atoms with Gasteiger partial charge in [-0.15, -0.1) is 0 Å². The number of aromatic nitrogens is 2. The lowest BCUT2D eigenvalue weighted by atomic mass is 10.2. The highest BCUT2D eigenvalue weighted by atomic mass is 79.9. The number of hydrogen-bond donors (Lipinski definition) is 1. The maximum absolute atomic E-state index is 12.9. The molecule has 84 valence electrons. The molecule has 0 aliphatic rings. The van der Waals surface area contributed by atoms with Crippen LogP contribution in [0, 0.1) is 5.82 Å². The first-order valence-electron chi connectivity index (χ1n) is 4.84. The van der Waals surface area contributed by atoms with Crippen LogP contribution in [0.4, 0.5) is 4.39 Å². The molecular weight excluding hydrogens is 273 g/mol. The zero-order chi connectivity index (χ0) is 11.5. The van der Waals surface area contributed by atoms with Gasteiger partial charge >= 0.3 is 0 Å². The average molecular weight is 284 g/mol. The summed E-state index contributed by atoms with van der Waals surface area (Å²) in [6, 6.07) is 4.62. The van der Waals surface area contributed by atoms with Crippen molar-refractivity contribution < 1.29 is 4.39 Å². The second kappa shape index (κ2) is 4.76. The van der Waals surface area contributed by atoms with E-state index in [0.29, 0.717) is 13.1 Å². The van der Waals surface area contributed by atoms with Crippen LogP contribution in [0.25, 0.3) is 0 Å². The molecule has 0 atom stereocenters. The van der Waals surface area contributed by atoms with Crippen molar-refractivity contribution in [3.63, 3.8) is 0 Å². The minimum atomic E-state index is -0.251. The molecule has 0 aliphatic carbocycles. The Labute approximate surface area is 101 Å². The quantitative estimate of drug-likeness (QED) is 0.939. The summed E-state index contributed by atoms with van der Waals surface area (Å²) in [5.41, 5.74) is 7.46. The van der Waals surface area contributed by atoms with E-state index in [1.165, 1.54) is 12.1 Å². The number of hydrogen-bond acceptors (Lipinski definition) is 2. The van der Waals surface area contributed by atoms with E-state index in [2.05, 4.69) is 21.0 Å². The zero-order valence-electron chi connectivity index (χ0n) is 8.53. The fourth-order valence-electron chi connectivity index (χ4n) is 1.42. The van der Waals surface area contributed by atoms with Crippen molar-refractivity contribution in [2.45, 2.75) is 13.1 Å². The van der Waals surface area contributed by atoms with E-state index in [9.17, 15) is 4.39 Å². The first kappa shape index (κ1) is 11.3. The lowest BCUT2D eigenvalue weighted by molar-refractivity contribution is 0.623. The van der Waals surface area contributed by atoms with Gasteiger partial charge in [-0.2, -0.15) is 5.10 Å². The molecule has 0 saturated carbocycles. The molecule has 0 aliphatic heterocycles. The molecule has 1 aromatic carbocycles. The molecule has 3 nitrogen and oxygen atoms in total. The molecule has 1 aromatic heterocycles. The molecule has 0 saturated heterocycles. The minimum Gasteiger partial charge on any atom is -0.326 e. The van der Waals surface area contributed by atoms with Gasteiger partial charge in [0, 0.05) is 22.8 Å². The first-order valence-corrected chi connectivity index (χ1v) is 5.63. The third-order valence-electron chi connectivity index (χ3n) is 2.27. The summed E-state index contributed by atoms with van der Waals surface area (Å²) in [5, 5.41) is 4.17. The van der Waals surface area contributed by atoms with Gasteiger partial charge in [-0.25, -0.2) is 4.39 Å². The highest BCUT2D eigenvalue weighted by Gasteiger charge is 2.03. The fourth-order valence-corrected chi connectivity index (χ4v) is 1.90. The number of nitrogens with two attached hydrogens (primary N) is 1. The van der Waals surface area contributed by atoms with Crippen molar-refractivity contribution in [3.05, 3.63) is 52.0 Å². The average Bonchev–Trinajstić information content (AvgIpc) is 2.70. The van der Waals surface area contributed by atoms with Crippen LogP contribution in [-0.2, 0) is 13.1 Å². The van der Waals surface area contributed by atoms with Gasteiger partial charge in [0.15, 0.2) is 0 Å². The van der Waals surface area contributed by atoms with Crippen molar-refractivity contribution >= 4 is 15.9 Å². The van der Waals surface area contributed by atoms with Crippen molar-refractivity contribution in [2.24, 2.45) is 5.73 Å². The number of nitrogens with zero attached hydrogens (tertiary/aromatic N) is 2. The van der Waals surface area contributed by atoms with E-state index < -0.39 is 0 Å². The zero-order valence-corrected chi connectivity index (χ0v) is 10.1. The van der Waals surface area contributed by atoms with Crippen LogP contribution >= 0.6 is 15.9 Å². The molecule has 2 N–H and O–H groups in total. The van der Waals surface area contributed by atoms with E-state index in [-0.39, 0.29) is 5.82 Å². The molecule has 16 heavy (non-hydrogen) atoms. The normalized spacial score (nSPS) is 10.7. The van der Waals surface area contributed by atoms with Gasteiger partial charge < -0.3 is 5.73 Å². The fraction of sp³-hybridized carbons (Fsp3) is 0.182. The van der Waals surface area contributed by atoms with Crippen LogP contribution in [0.2, 0.25) is 0 Å². The third kappa shape index (κ3) is 2.48. The third-order valence-corrected chi connectivity index (χ3v) is 3.01. The predicted octanol–water partition coefficient (Wildman–Crippen LogP) is 2.29. The Morgan fingerprint density at radius 2 is 2.25 bits per heavy atom. The monoisotopic (exact) mass is 283 g/mol. The Hall–Kier alpha value is -1.20. The summed E-state index contributed by atoms with van der Waals surface area (Å²) in [5.74, 6) is -0.251. The van der Waals surface area contributed by atoms with E-state index >= 15 is 0 Å². The summed E-state index contributed by atoms with van der Waals surface area (Å²) >= 11 is 3.32. The molecule has 2 rings (SSSR count). The van der Waals surface area contributed by atoms with Gasteiger partial charge in [-0.05, 0) is 17.7 Å². The van der Waals surface area contributed by atoms with Gasteiger partial charge in [0.1, 0.15) is 5.82 Å². The van der Waals surface area contributed by atoms with Crippen LogP contribution in [0.5, 0.6) is 0 Å². The Balaban J connectivity index is 2.20. The van der Waals surface area contributed by atoms with Crippen molar-refractivity contribution in [1.29, 1.82) is 0 Å². The summed E-state index contributed by atoms with van der Waals surface area (Å²) in [7, 11) is 0. The van der Waals surface area contributed by atoms with E-state index in [1.54, 1.807) is 16.9 Å². The topological polar surface area (TPSA) is 43.8 Å². The van der Waals surface area contributed by atoms with Crippen molar-refractivity contribution in [3.8, 4) is 0 Å². The van der Waals surface area contributed by atoms with Crippen LogP contribution in [-0.4, -0.2) is 9.78 Å². The maximum atomic E-state index is 12.9. The van der Waals surface area contributed by atoms with E-state index in [0.717, 1.165) is 15.6 Å². The highest BCUT2D eigenvalue weighted by molar-refractivity contribution is 9.10. The number of rotatable bonds is 3. The summed E-state index contributed by atoms with van der Waals surface area (Å²) in [6.45, 7) is 1.07. The number of halogens is 2. The van der Waals surface area contributed by atoms with Gasteiger partial charge in [-0.1, -0.05) is 22.0 Å². The molecule has 0 radical (unpaired) electrons. The SMILES string of the molecule is NCc1cnn(Cc2ccc(F)cc2Br)c1. The molecule has 0 amide bonds. The Kier molecular flexibility index (Phi) is 3.36. The lowest BCUT2D eigenvalue weighted by Gasteiger charge is -2.04. The van der Waals surface area contributed by atoms with Crippen molar-refractivity contribution in [1.82, 2.24) is 9.78 Å². The maximum Gasteiger partial charge on any atom is 0.124 e. The van der Waals surface area contributed by atoms with Gasteiger partial charge in [0.25, 0.3) is 0 Å². The second-order valence-electron chi connectivity index (χ2n) is 3.49. The standard InChI is InChI=1S/C11H11BrFN3/c12-11-3-10(13)2-1-9(11)7-16-6-8(4-14)5-15-16/h1-3,5-6H,4,7,14H2. The van der Waals surface area contributed by atoms with Crippen LogP contribution in [0.1, 0.15) is 11.1 Å². The molecule has 0 bridgehead atoms. The van der Waals surface area contributed by atoms with Crippen LogP contribution in [0.3, 0.4) is 0 Å². The van der Waals surface area contributed by atoms with Crippen molar-refractivity contribution in [2.75, 3.05) is 0 Å². The van der Waals surface area contributed by atoms with Crippen LogP contribution in [0.15, 0.2) is 35.1 Å².